The predicted octanol–water partition coefficient (Wildman–Crippen LogP) is 4.15. The molecule has 0 atom stereocenters. The van der Waals surface area contributed by atoms with Gasteiger partial charge in [-0.3, -0.25) is 4.99 Å². The van der Waals surface area contributed by atoms with Crippen molar-refractivity contribution in [1.82, 2.24) is 20.8 Å². The van der Waals surface area contributed by atoms with Gasteiger partial charge in [0.05, 0.1) is 0 Å². The third-order valence-corrected chi connectivity index (χ3v) is 4.39. The van der Waals surface area contributed by atoms with Gasteiger partial charge in [0.25, 0.3) is 0 Å². The van der Waals surface area contributed by atoms with E-state index in [0.29, 0.717) is 35.6 Å². The van der Waals surface area contributed by atoms with Gasteiger partial charge in [-0.05, 0) is 30.2 Å². The van der Waals surface area contributed by atoms with E-state index in [-0.39, 0.29) is 24.0 Å². The summed E-state index contributed by atoms with van der Waals surface area (Å²) in [5.74, 6) is 2.62. The Labute approximate surface area is 177 Å². The van der Waals surface area contributed by atoms with Crippen LogP contribution in [0.2, 0.25) is 5.02 Å². The highest BCUT2D eigenvalue weighted by atomic mass is 127. The van der Waals surface area contributed by atoms with Crippen molar-refractivity contribution in [2.45, 2.75) is 33.1 Å². The van der Waals surface area contributed by atoms with Gasteiger partial charge in [-0.15, -0.1) is 24.0 Å². The molecule has 0 aliphatic heterocycles. The summed E-state index contributed by atoms with van der Waals surface area (Å²) >= 11 is 5.89. The molecular weight excluding hydrogens is 465 g/mol. The summed E-state index contributed by atoms with van der Waals surface area (Å²) < 4.78 is 5.30. The van der Waals surface area contributed by atoms with Crippen LogP contribution < -0.4 is 10.6 Å². The van der Waals surface area contributed by atoms with Gasteiger partial charge < -0.3 is 15.2 Å². The maximum Gasteiger partial charge on any atom is 0.228 e. The highest BCUT2D eigenvalue weighted by Gasteiger charge is 2.09. The summed E-state index contributed by atoms with van der Waals surface area (Å²) in [5.41, 5.74) is 0.884. The normalized spacial score (nSPS) is 11.3. The molecule has 0 radical (unpaired) electrons. The lowest BCUT2D eigenvalue weighted by Crippen LogP contribution is -2.40. The molecule has 2 rings (SSSR count). The molecule has 1 aromatic heterocycles. The number of halogens is 2. The van der Waals surface area contributed by atoms with Gasteiger partial charge in [0.2, 0.25) is 11.7 Å². The van der Waals surface area contributed by atoms with Crippen molar-refractivity contribution in [3.63, 3.8) is 0 Å². The van der Waals surface area contributed by atoms with E-state index in [9.17, 15) is 0 Å². The highest BCUT2D eigenvalue weighted by molar-refractivity contribution is 14.0. The zero-order chi connectivity index (χ0) is 18.1. The molecule has 0 aliphatic carbocycles. The van der Waals surface area contributed by atoms with E-state index in [0.717, 1.165) is 30.9 Å². The quantitative estimate of drug-likeness (QED) is 0.330. The fourth-order valence-corrected chi connectivity index (χ4v) is 2.53. The Kier molecular flexibility index (Phi) is 10.6. The first kappa shape index (κ1) is 22.7. The van der Waals surface area contributed by atoms with Crippen molar-refractivity contribution in [3.05, 3.63) is 35.2 Å². The first-order valence-corrected chi connectivity index (χ1v) is 9.07. The molecule has 0 amide bonds. The minimum atomic E-state index is 0. The first-order valence-electron chi connectivity index (χ1n) is 8.69. The minimum absolute atomic E-state index is 0. The average Bonchev–Trinajstić information content (AvgIpc) is 3.10. The van der Waals surface area contributed by atoms with Crippen molar-refractivity contribution >= 4 is 41.5 Å². The minimum Gasteiger partial charge on any atom is -0.356 e. The Bertz CT molecular complexity index is 670. The number of nitrogens with zero attached hydrogens (tertiary/aromatic N) is 3. The predicted molar refractivity (Wildman–Crippen MR) is 117 cm³/mol. The van der Waals surface area contributed by atoms with Crippen LogP contribution in [0.4, 0.5) is 0 Å². The largest absolute Gasteiger partial charge is 0.356 e. The smallest absolute Gasteiger partial charge is 0.228 e. The maximum atomic E-state index is 5.89. The summed E-state index contributed by atoms with van der Waals surface area (Å²) in [5, 5.41) is 11.3. The summed E-state index contributed by atoms with van der Waals surface area (Å²) in [6, 6.07) is 7.37. The van der Waals surface area contributed by atoms with Gasteiger partial charge in [0.1, 0.15) is 0 Å². The fraction of sp³-hybridized carbons (Fsp3) is 0.500. The Morgan fingerprint density at radius 1 is 1.19 bits per heavy atom. The van der Waals surface area contributed by atoms with E-state index < -0.39 is 0 Å². The number of nitrogens with one attached hydrogen (secondary N) is 2. The van der Waals surface area contributed by atoms with Crippen LogP contribution in [0.1, 0.15) is 32.6 Å². The van der Waals surface area contributed by atoms with Crippen molar-refractivity contribution in [2.24, 2.45) is 10.9 Å². The number of aromatic nitrogens is 2. The Balaban J connectivity index is 0.00000338. The van der Waals surface area contributed by atoms with E-state index in [1.165, 1.54) is 0 Å². The molecular formula is C18H27ClIN5O. The number of benzene rings is 1. The van der Waals surface area contributed by atoms with Gasteiger partial charge in [-0.1, -0.05) is 43.4 Å². The van der Waals surface area contributed by atoms with Crippen LogP contribution >= 0.6 is 35.6 Å². The second-order valence-electron chi connectivity index (χ2n) is 5.83. The molecule has 144 valence electrons. The molecule has 8 heteroatoms. The Hall–Kier alpha value is -1.35. The zero-order valence-electron chi connectivity index (χ0n) is 15.5. The molecule has 1 aromatic carbocycles. The van der Waals surface area contributed by atoms with E-state index in [1.807, 2.05) is 24.3 Å². The molecule has 1 heterocycles. The third kappa shape index (κ3) is 7.11. The first-order chi connectivity index (χ1) is 12.2. The summed E-state index contributed by atoms with van der Waals surface area (Å²) in [6.07, 6.45) is 2.96. The van der Waals surface area contributed by atoms with Crippen LogP contribution in [-0.4, -0.2) is 36.2 Å². The van der Waals surface area contributed by atoms with Crippen LogP contribution in [0, 0.1) is 5.92 Å². The molecule has 2 aromatic rings. The number of guanidine groups is 1. The van der Waals surface area contributed by atoms with Gasteiger partial charge >= 0.3 is 0 Å². The highest BCUT2D eigenvalue weighted by Crippen LogP contribution is 2.18. The van der Waals surface area contributed by atoms with Crippen molar-refractivity contribution in [1.29, 1.82) is 0 Å². The second-order valence-corrected chi connectivity index (χ2v) is 6.27. The third-order valence-electron chi connectivity index (χ3n) is 4.14. The second kappa shape index (κ2) is 12.1. The van der Waals surface area contributed by atoms with Crippen LogP contribution in [0.5, 0.6) is 0 Å². The molecule has 0 saturated carbocycles. The number of rotatable bonds is 8. The molecule has 26 heavy (non-hydrogen) atoms. The molecule has 6 nitrogen and oxygen atoms in total. The van der Waals surface area contributed by atoms with E-state index in [2.05, 4.69) is 39.6 Å². The molecule has 0 spiro atoms. The summed E-state index contributed by atoms with van der Waals surface area (Å²) in [7, 11) is 1.77. The molecule has 0 aliphatic rings. The van der Waals surface area contributed by atoms with Gasteiger partial charge in [-0.2, -0.15) is 4.98 Å². The van der Waals surface area contributed by atoms with Gasteiger partial charge in [0.15, 0.2) is 5.96 Å². The Morgan fingerprint density at radius 3 is 2.50 bits per heavy atom. The van der Waals surface area contributed by atoms with E-state index in [4.69, 9.17) is 16.1 Å². The summed E-state index contributed by atoms with van der Waals surface area (Å²) in [4.78, 5) is 8.65. The lowest BCUT2D eigenvalue weighted by atomic mass is 10.0. The standard InChI is InChI=1S/C18H26ClN5O.HI/c1-4-13(5-2)12-22-18(20-3)21-11-10-16-23-17(24-25-16)14-6-8-15(19)9-7-14;/h6-9,13H,4-5,10-12H2,1-3H3,(H2,20,21,22);1H. The van der Waals surface area contributed by atoms with Crippen LogP contribution in [0.15, 0.2) is 33.8 Å². The monoisotopic (exact) mass is 491 g/mol. The van der Waals surface area contributed by atoms with Crippen molar-refractivity contribution in [3.8, 4) is 11.4 Å². The number of hydrogen-bond donors (Lipinski definition) is 2. The van der Waals surface area contributed by atoms with E-state index in [1.54, 1.807) is 7.05 Å². The van der Waals surface area contributed by atoms with Gasteiger partial charge in [0, 0.05) is 37.1 Å². The zero-order valence-corrected chi connectivity index (χ0v) is 18.5. The topological polar surface area (TPSA) is 75.3 Å². The van der Waals surface area contributed by atoms with Crippen molar-refractivity contribution < 1.29 is 4.52 Å². The Morgan fingerprint density at radius 2 is 1.88 bits per heavy atom. The maximum absolute atomic E-state index is 5.89. The lowest BCUT2D eigenvalue weighted by Gasteiger charge is -2.16. The number of aliphatic imine (C=N–C) groups is 1. The van der Waals surface area contributed by atoms with Crippen LogP contribution in [0.3, 0.4) is 0 Å². The average molecular weight is 492 g/mol. The molecule has 0 fully saturated rings. The molecule has 0 bridgehead atoms. The van der Waals surface area contributed by atoms with Crippen LogP contribution in [0.25, 0.3) is 11.4 Å². The van der Waals surface area contributed by atoms with Crippen LogP contribution in [-0.2, 0) is 6.42 Å². The van der Waals surface area contributed by atoms with E-state index >= 15 is 0 Å². The lowest BCUT2D eigenvalue weighted by molar-refractivity contribution is 0.378. The molecule has 0 saturated heterocycles. The molecule has 0 unspecified atom stereocenters. The van der Waals surface area contributed by atoms with Gasteiger partial charge in [-0.25, -0.2) is 0 Å². The van der Waals surface area contributed by atoms with Crippen molar-refractivity contribution in [2.75, 3.05) is 20.1 Å². The fourth-order valence-electron chi connectivity index (χ4n) is 2.40. The molecule has 2 N–H and O–H groups in total. The SMILES string of the molecule is CCC(CC)CNC(=NC)NCCc1nc(-c2ccc(Cl)cc2)no1.I. The summed E-state index contributed by atoms with van der Waals surface area (Å²) in [6.45, 7) is 6.01. The number of hydrogen-bond acceptors (Lipinski definition) is 4.